The van der Waals surface area contributed by atoms with Crippen LogP contribution in [0.15, 0.2) is 87.1 Å². The predicted octanol–water partition coefficient (Wildman–Crippen LogP) is 5.22. The molecule has 8 heteroatoms. The van der Waals surface area contributed by atoms with Crippen LogP contribution in [0.2, 0.25) is 0 Å². The number of anilines is 2. The largest absolute Gasteiger partial charge is 0.322 e. The maximum atomic E-state index is 12.4. The highest BCUT2D eigenvalue weighted by molar-refractivity contribution is 9.10. The molecule has 0 radical (unpaired) electrons. The van der Waals surface area contributed by atoms with Gasteiger partial charge in [-0.3, -0.25) is 9.52 Å². The Labute approximate surface area is 176 Å². The molecule has 144 valence electrons. The number of hydrogen-bond donors (Lipinski definition) is 2. The van der Waals surface area contributed by atoms with Gasteiger partial charge < -0.3 is 5.32 Å². The normalized spacial score (nSPS) is 11.1. The third-order valence-electron chi connectivity index (χ3n) is 3.59. The first kappa shape index (κ1) is 20.4. The fourth-order valence-corrected chi connectivity index (χ4v) is 4.02. The molecule has 0 aromatic heterocycles. The highest BCUT2D eigenvalue weighted by Gasteiger charge is 2.09. The first-order valence-electron chi connectivity index (χ1n) is 8.21. The molecular weight excluding hydrogens is 460 g/mol. The zero-order chi connectivity index (χ0) is 20.1. The Morgan fingerprint density at radius 1 is 0.893 bits per heavy atom. The summed E-state index contributed by atoms with van der Waals surface area (Å²) in [6.07, 6.45) is 1.06. The summed E-state index contributed by atoms with van der Waals surface area (Å²) >= 11 is 5.05. The van der Waals surface area contributed by atoms with Gasteiger partial charge in [0.15, 0.2) is 0 Å². The molecule has 0 bridgehead atoms. The number of sulfonamides is 1. The number of amides is 1. The fraction of sp³-hybridized carbons (Fsp3) is 0.0500. The lowest BCUT2D eigenvalue weighted by Crippen LogP contribution is -2.13. The minimum Gasteiger partial charge on any atom is -0.322 e. The van der Waals surface area contributed by atoms with Crippen molar-refractivity contribution in [3.05, 3.63) is 82.8 Å². The van der Waals surface area contributed by atoms with Gasteiger partial charge in [0.05, 0.1) is 6.26 Å². The number of nitrogens with one attached hydrogen (secondary N) is 2. The Hall–Kier alpha value is -2.29. The molecule has 0 spiro atoms. The van der Waals surface area contributed by atoms with Crippen LogP contribution in [0.1, 0.15) is 10.4 Å². The van der Waals surface area contributed by atoms with Gasteiger partial charge in [0.2, 0.25) is 10.0 Å². The van der Waals surface area contributed by atoms with E-state index < -0.39 is 10.0 Å². The Bertz CT molecular complexity index is 1080. The number of carbonyl (C=O) groups excluding carboxylic acids is 1. The van der Waals surface area contributed by atoms with Crippen molar-refractivity contribution in [1.82, 2.24) is 0 Å². The zero-order valence-electron chi connectivity index (χ0n) is 14.8. The lowest BCUT2D eigenvalue weighted by molar-refractivity contribution is 0.102. The second-order valence-corrected chi connectivity index (χ2v) is 9.80. The molecule has 0 saturated heterocycles. The van der Waals surface area contributed by atoms with Gasteiger partial charge in [-0.2, -0.15) is 0 Å². The maximum Gasteiger partial charge on any atom is 0.255 e. The predicted molar refractivity (Wildman–Crippen MR) is 118 cm³/mol. The van der Waals surface area contributed by atoms with Crippen molar-refractivity contribution < 1.29 is 13.2 Å². The lowest BCUT2D eigenvalue weighted by Gasteiger charge is -2.09. The third kappa shape index (κ3) is 6.12. The zero-order valence-corrected chi connectivity index (χ0v) is 18.1. The van der Waals surface area contributed by atoms with E-state index in [-0.39, 0.29) is 5.91 Å². The lowest BCUT2D eigenvalue weighted by atomic mass is 10.2. The average Bonchev–Trinajstić information content (AvgIpc) is 2.64. The molecule has 0 heterocycles. The van der Waals surface area contributed by atoms with Crippen LogP contribution in [0, 0.1) is 0 Å². The number of benzene rings is 3. The minimum atomic E-state index is -3.40. The summed E-state index contributed by atoms with van der Waals surface area (Å²) in [6, 6.07) is 21.9. The molecule has 3 aromatic carbocycles. The molecule has 28 heavy (non-hydrogen) atoms. The van der Waals surface area contributed by atoms with Crippen LogP contribution in [0.4, 0.5) is 11.4 Å². The van der Waals surface area contributed by atoms with E-state index in [4.69, 9.17) is 0 Å². The summed E-state index contributed by atoms with van der Waals surface area (Å²) in [6.45, 7) is 0. The van der Waals surface area contributed by atoms with E-state index in [0.29, 0.717) is 16.9 Å². The van der Waals surface area contributed by atoms with Crippen molar-refractivity contribution in [1.29, 1.82) is 0 Å². The van der Waals surface area contributed by atoms with Crippen molar-refractivity contribution >= 4 is 55.0 Å². The minimum absolute atomic E-state index is 0.314. The summed E-state index contributed by atoms with van der Waals surface area (Å²) in [5, 5.41) is 2.82. The van der Waals surface area contributed by atoms with E-state index in [0.717, 1.165) is 20.5 Å². The fourth-order valence-electron chi connectivity index (χ4n) is 2.39. The highest BCUT2D eigenvalue weighted by Crippen LogP contribution is 2.29. The summed E-state index contributed by atoms with van der Waals surface area (Å²) in [4.78, 5) is 14.6. The molecule has 5 nitrogen and oxygen atoms in total. The molecule has 2 N–H and O–H groups in total. The summed E-state index contributed by atoms with van der Waals surface area (Å²) in [5.74, 6) is -0.314. The smallest absolute Gasteiger partial charge is 0.255 e. The maximum absolute atomic E-state index is 12.4. The van der Waals surface area contributed by atoms with Gasteiger partial charge in [-0.1, -0.05) is 33.8 Å². The van der Waals surface area contributed by atoms with Gasteiger partial charge in [0.25, 0.3) is 5.91 Å². The molecule has 0 aliphatic rings. The molecule has 0 aliphatic heterocycles. The first-order chi connectivity index (χ1) is 13.3. The van der Waals surface area contributed by atoms with Gasteiger partial charge in [0.1, 0.15) is 0 Å². The van der Waals surface area contributed by atoms with Crippen molar-refractivity contribution in [2.45, 2.75) is 9.79 Å². The van der Waals surface area contributed by atoms with Crippen LogP contribution >= 0.6 is 27.7 Å². The summed E-state index contributed by atoms with van der Waals surface area (Å²) in [5.41, 5.74) is 1.37. The number of hydrogen-bond acceptors (Lipinski definition) is 4. The molecule has 3 aromatic rings. The van der Waals surface area contributed by atoms with Crippen LogP contribution in [-0.4, -0.2) is 20.6 Å². The van der Waals surface area contributed by atoms with Crippen LogP contribution in [0.3, 0.4) is 0 Å². The van der Waals surface area contributed by atoms with Crippen LogP contribution in [-0.2, 0) is 10.0 Å². The molecule has 0 fully saturated rings. The van der Waals surface area contributed by atoms with E-state index in [1.807, 2.05) is 48.5 Å². The summed E-state index contributed by atoms with van der Waals surface area (Å²) in [7, 11) is -3.40. The summed E-state index contributed by atoms with van der Waals surface area (Å²) < 4.78 is 26.1. The standard InChI is InChI=1S/C20H17BrN2O3S2/c1-28(25,26)23-17-4-2-3-14(13-17)20(24)22-16-7-11-19(12-8-16)27-18-9-5-15(21)6-10-18/h2-13,23H,1H3,(H,22,24). The highest BCUT2D eigenvalue weighted by atomic mass is 79.9. The van der Waals surface area contributed by atoms with Crippen molar-refractivity contribution in [2.75, 3.05) is 16.3 Å². The van der Waals surface area contributed by atoms with Gasteiger partial charge in [-0.05, 0) is 66.7 Å². The van der Waals surface area contributed by atoms with Crippen LogP contribution in [0.5, 0.6) is 0 Å². The van der Waals surface area contributed by atoms with Gasteiger partial charge in [-0.25, -0.2) is 8.42 Å². The van der Waals surface area contributed by atoms with E-state index in [9.17, 15) is 13.2 Å². The molecule has 1 amide bonds. The average molecular weight is 477 g/mol. The van der Waals surface area contributed by atoms with Gasteiger partial charge >= 0.3 is 0 Å². The van der Waals surface area contributed by atoms with E-state index >= 15 is 0 Å². The number of rotatable bonds is 6. The Kier molecular flexibility index (Phi) is 6.43. The molecule has 0 unspecified atom stereocenters. The molecule has 0 saturated carbocycles. The number of halogens is 1. The van der Waals surface area contributed by atoms with E-state index in [1.54, 1.807) is 30.0 Å². The van der Waals surface area contributed by atoms with E-state index in [1.165, 1.54) is 6.07 Å². The van der Waals surface area contributed by atoms with Crippen LogP contribution < -0.4 is 10.0 Å². The third-order valence-corrected chi connectivity index (χ3v) is 5.74. The molecule has 0 atom stereocenters. The van der Waals surface area contributed by atoms with Crippen molar-refractivity contribution in [3.63, 3.8) is 0 Å². The van der Waals surface area contributed by atoms with Crippen molar-refractivity contribution in [2.24, 2.45) is 0 Å². The SMILES string of the molecule is CS(=O)(=O)Nc1cccc(C(=O)Nc2ccc(Sc3ccc(Br)cc3)cc2)c1. The Balaban J connectivity index is 1.66. The van der Waals surface area contributed by atoms with Gasteiger partial charge in [0, 0.05) is 31.2 Å². The Morgan fingerprint density at radius 2 is 1.50 bits per heavy atom. The molecule has 0 aliphatic carbocycles. The van der Waals surface area contributed by atoms with Crippen LogP contribution in [0.25, 0.3) is 0 Å². The topological polar surface area (TPSA) is 75.3 Å². The molecule has 3 rings (SSSR count). The first-order valence-corrected chi connectivity index (χ1v) is 11.7. The number of carbonyl (C=O) groups is 1. The monoisotopic (exact) mass is 476 g/mol. The van der Waals surface area contributed by atoms with E-state index in [2.05, 4.69) is 26.0 Å². The second-order valence-electron chi connectivity index (χ2n) is 5.99. The Morgan fingerprint density at radius 3 is 2.11 bits per heavy atom. The molecular formula is C20H17BrN2O3S2. The second kappa shape index (κ2) is 8.81. The van der Waals surface area contributed by atoms with Gasteiger partial charge in [-0.15, -0.1) is 0 Å². The van der Waals surface area contributed by atoms with Crippen molar-refractivity contribution in [3.8, 4) is 0 Å². The quantitative estimate of drug-likeness (QED) is 0.510.